The molecule has 4 heteroatoms. The molecule has 2 aliphatic heterocycles. The van der Waals surface area contributed by atoms with Crippen LogP contribution in [0.3, 0.4) is 0 Å². The molecule has 1 amide bonds. The van der Waals surface area contributed by atoms with Crippen LogP contribution in [0.5, 0.6) is 0 Å². The third-order valence-corrected chi connectivity index (χ3v) is 7.66. The van der Waals surface area contributed by atoms with Crippen LogP contribution in [0.1, 0.15) is 24.0 Å². The molecule has 0 saturated heterocycles. The zero-order chi connectivity index (χ0) is 20.2. The van der Waals surface area contributed by atoms with E-state index in [-0.39, 0.29) is 17.7 Å². The molecule has 3 heterocycles. The van der Waals surface area contributed by atoms with E-state index in [9.17, 15) is 4.79 Å². The van der Waals surface area contributed by atoms with E-state index >= 15 is 0 Å². The van der Waals surface area contributed by atoms with Crippen LogP contribution in [0.25, 0.3) is 16.6 Å². The fourth-order valence-corrected chi connectivity index (χ4v) is 6.61. The number of carbonyl (C=O) groups excluding carboxylic acids is 1. The maximum absolute atomic E-state index is 13.5. The van der Waals surface area contributed by atoms with Crippen LogP contribution in [0.2, 0.25) is 0 Å². The molecule has 0 radical (unpaired) electrons. The van der Waals surface area contributed by atoms with Crippen LogP contribution in [0.4, 0.5) is 5.69 Å². The van der Waals surface area contributed by atoms with Crippen LogP contribution in [0.15, 0.2) is 83.9 Å². The maximum atomic E-state index is 13.5. The highest BCUT2D eigenvalue weighted by atomic mass is 32.2. The topological polar surface area (TPSA) is 25.2 Å². The summed E-state index contributed by atoms with van der Waals surface area (Å²) >= 11 is 1.83. The average Bonchev–Trinajstić information content (AvgIpc) is 3.14. The number of carbonyl (C=O) groups is 1. The Bertz CT molecular complexity index is 1280. The molecule has 3 nitrogen and oxygen atoms in total. The van der Waals surface area contributed by atoms with E-state index in [0.29, 0.717) is 6.54 Å². The standard InChI is InChI=1S/C26H22N2OS/c1-2-27-21-14-8-6-12-18(21)23-20(25(27)29)16-30-26-24(23)19-13-7-9-15-22(19)28(26)17-10-4-3-5-11-17/h3-15,20,23H,2,16H2,1H3/t20-,23-/m0/s1. The summed E-state index contributed by atoms with van der Waals surface area (Å²) in [4.78, 5) is 15.5. The van der Waals surface area contributed by atoms with Crippen LogP contribution < -0.4 is 4.90 Å². The summed E-state index contributed by atoms with van der Waals surface area (Å²) in [5, 5.41) is 2.53. The van der Waals surface area contributed by atoms with Gasteiger partial charge in [-0.05, 0) is 36.8 Å². The molecule has 4 aromatic rings. The highest BCUT2D eigenvalue weighted by Gasteiger charge is 2.45. The summed E-state index contributed by atoms with van der Waals surface area (Å²) in [5.41, 5.74) is 6.05. The largest absolute Gasteiger partial charge is 0.312 e. The minimum atomic E-state index is -0.0209. The third kappa shape index (κ3) is 2.37. The Kier molecular flexibility index (Phi) is 4.03. The first-order chi connectivity index (χ1) is 14.8. The summed E-state index contributed by atoms with van der Waals surface area (Å²) < 4.78 is 2.38. The van der Waals surface area contributed by atoms with Gasteiger partial charge in [0.05, 0.1) is 16.5 Å². The molecule has 0 bridgehead atoms. The fourth-order valence-electron chi connectivity index (χ4n) is 5.21. The van der Waals surface area contributed by atoms with Crippen molar-refractivity contribution >= 4 is 34.3 Å². The van der Waals surface area contributed by atoms with Crippen molar-refractivity contribution in [2.24, 2.45) is 5.92 Å². The Labute approximate surface area is 180 Å². The fraction of sp³-hybridized carbons (Fsp3) is 0.192. The molecular formula is C26H22N2OS. The zero-order valence-corrected chi connectivity index (χ0v) is 17.6. The highest BCUT2D eigenvalue weighted by molar-refractivity contribution is 7.99. The molecule has 0 N–H and O–H groups in total. The summed E-state index contributed by atoms with van der Waals surface area (Å²) in [6.07, 6.45) is 0. The van der Waals surface area contributed by atoms with Crippen molar-refractivity contribution in [1.82, 2.24) is 4.57 Å². The summed E-state index contributed by atoms with van der Waals surface area (Å²) in [6.45, 7) is 2.78. The normalized spacial score (nSPS) is 20.0. The maximum Gasteiger partial charge on any atom is 0.231 e. The second-order valence-electron chi connectivity index (χ2n) is 7.94. The lowest BCUT2D eigenvalue weighted by Crippen LogP contribution is -2.45. The molecule has 0 fully saturated rings. The first-order valence-electron chi connectivity index (χ1n) is 10.5. The van der Waals surface area contributed by atoms with Gasteiger partial charge in [0, 0.05) is 40.5 Å². The number of hydrogen-bond acceptors (Lipinski definition) is 2. The van der Waals surface area contributed by atoms with Crippen molar-refractivity contribution < 1.29 is 4.79 Å². The molecular weight excluding hydrogens is 388 g/mol. The summed E-state index contributed by atoms with van der Waals surface area (Å²) in [5.74, 6) is 1.15. The number of benzene rings is 3. The van der Waals surface area contributed by atoms with Gasteiger partial charge in [0.15, 0.2) is 0 Å². The summed E-state index contributed by atoms with van der Waals surface area (Å²) in [7, 11) is 0. The minimum absolute atomic E-state index is 0.0209. The number of thioether (sulfide) groups is 1. The lowest BCUT2D eigenvalue weighted by molar-refractivity contribution is -0.122. The quantitative estimate of drug-likeness (QED) is 0.414. The second kappa shape index (κ2) is 6.78. The van der Waals surface area contributed by atoms with Gasteiger partial charge in [0.2, 0.25) is 5.91 Å². The molecule has 3 aromatic carbocycles. The van der Waals surface area contributed by atoms with Gasteiger partial charge in [0.25, 0.3) is 0 Å². The molecule has 0 aliphatic carbocycles. The first-order valence-corrected chi connectivity index (χ1v) is 11.5. The molecule has 148 valence electrons. The van der Waals surface area contributed by atoms with Crippen molar-refractivity contribution in [2.45, 2.75) is 17.9 Å². The van der Waals surface area contributed by atoms with Gasteiger partial charge in [0.1, 0.15) is 0 Å². The molecule has 1 aromatic heterocycles. The van der Waals surface area contributed by atoms with E-state index in [4.69, 9.17) is 0 Å². The van der Waals surface area contributed by atoms with E-state index in [1.165, 1.54) is 32.7 Å². The Morgan fingerprint density at radius 1 is 0.933 bits per heavy atom. The minimum Gasteiger partial charge on any atom is -0.312 e. The molecule has 0 saturated carbocycles. The number of amides is 1. The molecule has 6 rings (SSSR count). The van der Waals surface area contributed by atoms with Crippen LogP contribution in [-0.4, -0.2) is 22.8 Å². The summed E-state index contributed by atoms with van der Waals surface area (Å²) in [6, 6.07) is 27.7. The highest BCUT2D eigenvalue weighted by Crippen LogP contribution is 2.54. The number of fused-ring (bicyclic) bond motifs is 7. The number of para-hydroxylation sites is 3. The smallest absolute Gasteiger partial charge is 0.231 e. The van der Waals surface area contributed by atoms with Crippen molar-refractivity contribution in [3.8, 4) is 5.69 Å². The predicted molar refractivity (Wildman–Crippen MR) is 124 cm³/mol. The van der Waals surface area contributed by atoms with Gasteiger partial charge in [-0.2, -0.15) is 0 Å². The van der Waals surface area contributed by atoms with Crippen molar-refractivity contribution in [3.05, 3.63) is 90.0 Å². The Morgan fingerprint density at radius 2 is 1.67 bits per heavy atom. The van der Waals surface area contributed by atoms with Gasteiger partial charge in [-0.15, -0.1) is 11.8 Å². The lowest BCUT2D eigenvalue weighted by Gasteiger charge is -2.41. The SMILES string of the molecule is CCN1C(=O)[C@H]2CSc3c(c4ccccc4n3-c3ccccc3)[C@H]2c2ccccc21. The third-order valence-electron chi connectivity index (χ3n) is 6.46. The van der Waals surface area contributed by atoms with E-state index in [1.807, 2.05) is 22.7 Å². The molecule has 0 spiro atoms. The van der Waals surface area contributed by atoms with E-state index in [2.05, 4.69) is 84.3 Å². The molecule has 2 atom stereocenters. The van der Waals surface area contributed by atoms with E-state index in [1.54, 1.807) is 0 Å². The average molecular weight is 411 g/mol. The van der Waals surface area contributed by atoms with Gasteiger partial charge >= 0.3 is 0 Å². The van der Waals surface area contributed by atoms with Crippen LogP contribution in [-0.2, 0) is 4.79 Å². The number of rotatable bonds is 2. The van der Waals surface area contributed by atoms with Crippen LogP contribution >= 0.6 is 11.8 Å². The molecule has 2 aliphatic rings. The van der Waals surface area contributed by atoms with Gasteiger partial charge in [-0.3, -0.25) is 4.79 Å². The van der Waals surface area contributed by atoms with Crippen molar-refractivity contribution in [3.63, 3.8) is 0 Å². The first kappa shape index (κ1) is 17.8. The van der Waals surface area contributed by atoms with Crippen molar-refractivity contribution in [2.75, 3.05) is 17.2 Å². The van der Waals surface area contributed by atoms with Gasteiger partial charge < -0.3 is 9.47 Å². The van der Waals surface area contributed by atoms with E-state index < -0.39 is 0 Å². The zero-order valence-electron chi connectivity index (χ0n) is 16.8. The Morgan fingerprint density at radius 3 is 2.50 bits per heavy atom. The number of hydrogen-bond donors (Lipinski definition) is 0. The van der Waals surface area contributed by atoms with Crippen LogP contribution in [0, 0.1) is 5.92 Å². The Hall–Kier alpha value is -2.98. The second-order valence-corrected chi connectivity index (χ2v) is 8.95. The van der Waals surface area contributed by atoms with Gasteiger partial charge in [-0.25, -0.2) is 0 Å². The van der Waals surface area contributed by atoms with Gasteiger partial charge in [-0.1, -0.05) is 54.6 Å². The number of anilines is 1. The monoisotopic (exact) mass is 410 g/mol. The van der Waals surface area contributed by atoms with E-state index in [0.717, 1.165) is 11.4 Å². The number of aromatic nitrogens is 1. The Balaban J connectivity index is 1.68. The molecule has 30 heavy (non-hydrogen) atoms. The predicted octanol–water partition coefficient (Wildman–Crippen LogP) is 5.85. The van der Waals surface area contributed by atoms with Crippen molar-refractivity contribution in [1.29, 1.82) is 0 Å². The molecule has 0 unspecified atom stereocenters. The number of nitrogens with zero attached hydrogens (tertiary/aromatic N) is 2. The lowest BCUT2D eigenvalue weighted by atomic mass is 9.76.